The van der Waals surface area contributed by atoms with Gasteiger partial charge in [-0.25, -0.2) is 4.68 Å². The second-order valence-electron chi connectivity index (χ2n) is 6.27. The molecule has 4 rings (SSSR count). The number of nitrogens with one attached hydrogen (secondary N) is 1. The highest BCUT2D eigenvalue weighted by molar-refractivity contribution is 7.20. The molecule has 2 aromatic carbocycles. The smallest absolute Gasteiger partial charge is 0.261 e. The maximum absolute atomic E-state index is 12.7. The van der Waals surface area contributed by atoms with Gasteiger partial charge in [0.2, 0.25) is 0 Å². The largest absolute Gasteiger partial charge is 0.345 e. The van der Waals surface area contributed by atoms with E-state index in [1.807, 2.05) is 85.3 Å². The molecule has 4 nitrogen and oxygen atoms in total. The molecule has 0 aliphatic heterocycles. The van der Waals surface area contributed by atoms with Crippen molar-refractivity contribution in [2.24, 2.45) is 0 Å². The zero-order valence-electron chi connectivity index (χ0n) is 14.6. The first-order chi connectivity index (χ1) is 12.6. The van der Waals surface area contributed by atoms with Crippen LogP contribution in [0.25, 0.3) is 15.9 Å². The number of hydrogen-bond acceptors (Lipinski definition) is 3. The Hall–Kier alpha value is -2.92. The van der Waals surface area contributed by atoms with E-state index in [9.17, 15) is 4.79 Å². The predicted molar refractivity (Wildman–Crippen MR) is 106 cm³/mol. The standard InChI is InChI=1S/C21H19N3OS/c1-14(16-9-5-3-6-10-16)22-20(25)19-13-18-15(2)23-24(21(18)26-19)17-11-7-4-8-12-17/h3-14H,1-2H3,(H,22,25)/t14-/m1/s1. The van der Waals surface area contributed by atoms with Crippen LogP contribution in [0.5, 0.6) is 0 Å². The van der Waals surface area contributed by atoms with Gasteiger partial charge in [0.25, 0.3) is 5.91 Å². The van der Waals surface area contributed by atoms with Crippen LogP contribution in [0, 0.1) is 6.92 Å². The Morgan fingerprint density at radius 2 is 1.73 bits per heavy atom. The summed E-state index contributed by atoms with van der Waals surface area (Å²) in [6, 6.07) is 21.9. The van der Waals surface area contributed by atoms with E-state index in [1.54, 1.807) is 0 Å². The average Bonchev–Trinajstić information content (AvgIpc) is 3.24. The van der Waals surface area contributed by atoms with Gasteiger partial charge in [-0.1, -0.05) is 48.5 Å². The van der Waals surface area contributed by atoms with Crippen molar-refractivity contribution in [3.05, 3.63) is 82.9 Å². The molecule has 1 atom stereocenters. The third kappa shape index (κ3) is 3.02. The molecule has 0 bridgehead atoms. The van der Waals surface area contributed by atoms with Crippen LogP contribution < -0.4 is 5.32 Å². The molecule has 0 aliphatic rings. The van der Waals surface area contributed by atoms with Gasteiger partial charge in [-0.3, -0.25) is 4.79 Å². The minimum atomic E-state index is -0.0541. The van der Waals surface area contributed by atoms with Crippen molar-refractivity contribution in [2.75, 3.05) is 0 Å². The summed E-state index contributed by atoms with van der Waals surface area (Å²) in [5.41, 5.74) is 3.01. The van der Waals surface area contributed by atoms with Crippen LogP contribution in [-0.2, 0) is 0 Å². The normalized spacial score (nSPS) is 12.2. The maximum Gasteiger partial charge on any atom is 0.261 e. The van der Waals surface area contributed by atoms with Crippen molar-refractivity contribution >= 4 is 27.5 Å². The van der Waals surface area contributed by atoms with E-state index < -0.39 is 0 Å². The number of aryl methyl sites for hydroxylation is 1. The molecule has 0 fully saturated rings. The SMILES string of the molecule is Cc1nn(-c2ccccc2)c2sc(C(=O)N[C@H](C)c3ccccc3)cc12. The number of aromatic nitrogens is 2. The number of rotatable bonds is 4. The molecule has 0 unspecified atom stereocenters. The molecule has 0 saturated carbocycles. The fourth-order valence-corrected chi connectivity index (χ4v) is 4.08. The van der Waals surface area contributed by atoms with Gasteiger partial charge in [0, 0.05) is 5.39 Å². The maximum atomic E-state index is 12.7. The summed E-state index contributed by atoms with van der Waals surface area (Å²) in [5, 5.41) is 8.73. The molecule has 1 amide bonds. The van der Waals surface area contributed by atoms with Crippen LogP contribution in [0.1, 0.15) is 33.9 Å². The fraction of sp³-hybridized carbons (Fsp3) is 0.143. The van der Waals surface area contributed by atoms with E-state index in [0.717, 1.165) is 27.2 Å². The summed E-state index contributed by atoms with van der Waals surface area (Å²) in [6.45, 7) is 3.97. The number of thiophene rings is 1. The van der Waals surface area contributed by atoms with Crippen molar-refractivity contribution < 1.29 is 4.79 Å². The molecule has 26 heavy (non-hydrogen) atoms. The first kappa shape index (κ1) is 16.5. The van der Waals surface area contributed by atoms with Crippen molar-refractivity contribution in [1.29, 1.82) is 0 Å². The second-order valence-corrected chi connectivity index (χ2v) is 7.30. The lowest BCUT2D eigenvalue weighted by Crippen LogP contribution is -2.25. The number of carbonyl (C=O) groups is 1. The van der Waals surface area contributed by atoms with Crippen LogP contribution >= 0.6 is 11.3 Å². The van der Waals surface area contributed by atoms with Gasteiger partial charge in [-0.05, 0) is 37.6 Å². The van der Waals surface area contributed by atoms with E-state index in [1.165, 1.54) is 11.3 Å². The Bertz CT molecular complexity index is 1050. The highest BCUT2D eigenvalue weighted by atomic mass is 32.1. The molecular formula is C21H19N3OS. The van der Waals surface area contributed by atoms with E-state index in [4.69, 9.17) is 0 Å². The van der Waals surface area contributed by atoms with Gasteiger partial charge < -0.3 is 5.32 Å². The Balaban J connectivity index is 1.64. The van der Waals surface area contributed by atoms with Gasteiger partial charge in [-0.15, -0.1) is 11.3 Å². The summed E-state index contributed by atoms with van der Waals surface area (Å²) < 4.78 is 1.91. The van der Waals surface area contributed by atoms with Crippen LogP contribution in [0.2, 0.25) is 0 Å². The lowest BCUT2D eigenvalue weighted by molar-refractivity contribution is 0.0944. The number of amides is 1. The number of para-hydroxylation sites is 1. The van der Waals surface area contributed by atoms with Crippen molar-refractivity contribution in [2.45, 2.75) is 19.9 Å². The third-order valence-electron chi connectivity index (χ3n) is 4.42. The lowest BCUT2D eigenvalue weighted by atomic mass is 10.1. The Kier molecular flexibility index (Phi) is 4.31. The Labute approximate surface area is 156 Å². The molecule has 0 aliphatic carbocycles. The van der Waals surface area contributed by atoms with Crippen molar-refractivity contribution in [3.8, 4) is 5.69 Å². The minimum absolute atomic E-state index is 0.0411. The Morgan fingerprint density at radius 1 is 1.08 bits per heavy atom. The molecule has 4 aromatic rings. The van der Waals surface area contributed by atoms with Crippen LogP contribution in [-0.4, -0.2) is 15.7 Å². The zero-order chi connectivity index (χ0) is 18.1. The van der Waals surface area contributed by atoms with Gasteiger partial charge in [-0.2, -0.15) is 5.10 Å². The highest BCUT2D eigenvalue weighted by Gasteiger charge is 2.18. The van der Waals surface area contributed by atoms with E-state index >= 15 is 0 Å². The van der Waals surface area contributed by atoms with E-state index in [-0.39, 0.29) is 11.9 Å². The summed E-state index contributed by atoms with van der Waals surface area (Å²) >= 11 is 1.47. The molecule has 0 spiro atoms. The van der Waals surface area contributed by atoms with Gasteiger partial charge >= 0.3 is 0 Å². The molecule has 0 saturated heterocycles. The molecule has 130 valence electrons. The monoisotopic (exact) mass is 361 g/mol. The number of nitrogens with zero attached hydrogens (tertiary/aromatic N) is 2. The van der Waals surface area contributed by atoms with E-state index in [2.05, 4.69) is 10.4 Å². The quantitative estimate of drug-likeness (QED) is 0.563. The molecule has 5 heteroatoms. The molecule has 2 heterocycles. The lowest BCUT2D eigenvalue weighted by Gasteiger charge is -2.13. The van der Waals surface area contributed by atoms with Gasteiger partial charge in [0.1, 0.15) is 4.83 Å². The number of hydrogen-bond donors (Lipinski definition) is 1. The summed E-state index contributed by atoms with van der Waals surface area (Å²) in [6.07, 6.45) is 0. The molecule has 1 N–H and O–H groups in total. The van der Waals surface area contributed by atoms with Gasteiger partial charge in [0.05, 0.1) is 22.3 Å². The van der Waals surface area contributed by atoms with Crippen molar-refractivity contribution in [3.63, 3.8) is 0 Å². The Morgan fingerprint density at radius 3 is 2.42 bits per heavy atom. The summed E-state index contributed by atoms with van der Waals surface area (Å²) in [5.74, 6) is -0.0541. The third-order valence-corrected chi connectivity index (χ3v) is 5.53. The minimum Gasteiger partial charge on any atom is -0.345 e. The first-order valence-corrected chi connectivity index (χ1v) is 9.35. The second kappa shape index (κ2) is 6.77. The van der Waals surface area contributed by atoms with Crippen LogP contribution in [0.3, 0.4) is 0 Å². The van der Waals surface area contributed by atoms with Crippen molar-refractivity contribution in [1.82, 2.24) is 15.1 Å². The van der Waals surface area contributed by atoms with Crippen LogP contribution in [0.15, 0.2) is 66.7 Å². The average molecular weight is 361 g/mol. The zero-order valence-corrected chi connectivity index (χ0v) is 15.5. The predicted octanol–water partition coefficient (Wildman–Crippen LogP) is 4.89. The number of carbonyl (C=O) groups excluding carboxylic acids is 1. The number of benzene rings is 2. The molecule has 0 radical (unpaired) electrons. The topological polar surface area (TPSA) is 46.9 Å². The van der Waals surface area contributed by atoms with Crippen LogP contribution in [0.4, 0.5) is 0 Å². The fourth-order valence-electron chi connectivity index (χ4n) is 3.00. The van der Waals surface area contributed by atoms with Gasteiger partial charge in [0.15, 0.2) is 0 Å². The summed E-state index contributed by atoms with van der Waals surface area (Å²) in [7, 11) is 0. The molecular weight excluding hydrogens is 342 g/mol. The molecule has 2 aromatic heterocycles. The van der Waals surface area contributed by atoms with E-state index in [0.29, 0.717) is 4.88 Å². The number of fused-ring (bicyclic) bond motifs is 1. The first-order valence-electron chi connectivity index (χ1n) is 8.54. The summed E-state index contributed by atoms with van der Waals surface area (Å²) in [4.78, 5) is 14.4. The highest BCUT2D eigenvalue weighted by Crippen LogP contribution is 2.30.